The quantitative estimate of drug-likeness (QED) is 0.391. The van der Waals surface area contributed by atoms with Gasteiger partial charge in [0.05, 0.1) is 5.52 Å². The van der Waals surface area contributed by atoms with E-state index in [9.17, 15) is 9.59 Å². The van der Waals surface area contributed by atoms with Crippen LogP contribution in [0.4, 0.5) is 26.8 Å². The molecule has 0 aliphatic carbocycles. The molecule has 0 saturated heterocycles. The lowest BCUT2D eigenvalue weighted by Gasteiger charge is -2.16. The second-order valence-electron chi connectivity index (χ2n) is 6.79. The minimum Gasteiger partial charge on any atom is -0.465 e. The molecule has 0 bridgehead atoms. The first kappa shape index (κ1) is 19.2. The number of benzene rings is 2. The van der Waals surface area contributed by atoms with Crippen molar-refractivity contribution in [3.05, 3.63) is 54.5 Å². The van der Waals surface area contributed by atoms with Crippen LogP contribution in [0.25, 0.3) is 21.8 Å². The third-order valence-corrected chi connectivity index (χ3v) is 4.70. The molecule has 2 aromatic carbocycles. The number of aromatic nitrogens is 3. The number of anilines is 3. The number of carbonyl (C=O) groups excluding carboxylic acids is 1. The number of urea groups is 1. The first-order chi connectivity index (χ1) is 14.4. The highest BCUT2D eigenvalue weighted by molar-refractivity contribution is 6.01. The first-order valence-corrected chi connectivity index (χ1v) is 9.37. The van der Waals surface area contributed by atoms with Gasteiger partial charge in [-0.25, -0.2) is 24.5 Å². The van der Waals surface area contributed by atoms with Gasteiger partial charge in [0, 0.05) is 39.9 Å². The van der Waals surface area contributed by atoms with Gasteiger partial charge < -0.3 is 20.7 Å². The average molecular weight is 404 g/mol. The van der Waals surface area contributed by atoms with E-state index in [0.717, 1.165) is 22.3 Å². The smallest absolute Gasteiger partial charge is 0.415 e. The summed E-state index contributed by atoms with van der Waals surface area (Å²) in [5, 5.41) is 16.8. The minimum atomic E-state index is -1.31. The van der Waals surface area contributed by atoms with Gasteiger partial charge >= 0.3 is 12.1 Å². The third kappa shape index (κ3) is 3.72. The molecule has 0 aliphatic rings. The van der Waals surface area contributed by atoms with Crippen molar-refractivity contribution < 1.29 is 14.7 Å². The first-order valence-electron chi connectivity index (χ1n) is 9.37. The van der Waals surface area contributed by atoms with Crippen LogP contribution in [0, 0.1) is 6.92 Å². The third-order valence-electron chi connectivity index (χ3n) is 4.70. The van der Waals surface area contributed by atoms with Gasteiger partial charge in [-0.3, -0.25) is 0 Å². The van der Waals surface area contributed by atoms with E-state index in [4.69, 9.17) is 5.11 Å². The zero-order chi connectivity index (χ0) is 21.3. The zero-order valence-corrected chi connectivity index (χ0v) is 16.4. The molecule has 2 aromatic heterocycles. The van der Waals surface area contributed by atoms with Crippen LogP contribution in [0.1, 0.15) is 12.6 Å². The van der Waals surface area contributed by atoms with E-state index in [0.29, 0.717) is 27.3 Å². The van der Waals surface area contributed by atoms with Crippen molar-refractivity contribution in [3.8, 4) is 0 Å². The van der Waals surface area contributed by atoms with Gasteiger partial charge in [-0.05, 0) is 56.3 Å². The molecule has 0 fully saturated rings. The lowest BCUT2D eigenvalue weighted by atomic mass is 10.2. The Hall–Kier alpha value is -4.14. The summed E-state index contributed by atoms with van der Waals surface area (Å²) >= 11 is 0. The number of amides is 3. The van der Waals surface area contributed by atoms with Gasteiger partial charge in [-0.1, -0.05) is 0 Å². The fourth-order valence-electron chi connectivity index (χ4n) is 3.28. The van der Waals surface area contributed by atoms with Crippen molar-refractivity contribution in [2.24, 2.45) is 0 Å². The summed E-state index contributed by atoms with van der Waals surface area (Å²) in [6.45, 7) is 3.64. The summed E-state index contributed by atoms with van der Waals surface area (Å²) in [6.07, 6.45) is 0.155. The molecule has 2 heterocycles. The molecule has 0 unspecified atom stereocenters. The SMILES string of the molecule is CCN(C(=O)O)C(=O)Nc1ccc2ncnc(Nc3ccc4[nH]c(C)cc4c3)c2c1. The van der Waals surface area contributed by atoms with Gasteiger partial charge in [0.25, 0.3) is 0 Å². The molecule has 30 heavy (non-hydrogen) atoms. The van der Waals surface area contributed by atoms with E-state index < -0.39 is 12.1 Å². The Bertz CT molecular complexity index is 1270. The highest BCUT2D eigenvalue weighted by Gasteiger charge is 2.18. The van der Waals surface area contributed by atoms with Crippen LogP contribution in [0.3, 0.4) is 0 Å². The van der Waals surface area contributed by atoms with Crippen molar-refractivity contribution in [3.63, 3.8) is 0 Å². The average Bonchev–Trinajstić information content (AvgIpc) is 3.08. The Morgan fingerprint density at radius 2 is 1.90 bits per heavy atom. The molecule has 0 radical (unpaired) electrons. The summed E-state index contributed by atoms with van der Waals surface area (Å²) in [6, 6.07) is 12.4. The lowest BCUT2D eigenvalue weighted by molar-refractivity contribution is 0.154. The maximum atomic E-state index is 12.2. The van der Waals surface area contributed by atoms with E-state index in [2.05, 4.69) is 31.7 Å². The number of hydrogen-bond acceptors (Lipinski definition) is 5. The van der Waals surface area contributed by atoms with Crippen LogP contribution in [-0.4, -0.2) is 43.6 Å². The molecule has 4 rings (SSSR count). The van der Waals surface area contributed by atoms with Crippen molar-refractivity contribution in [2.45, 2.75) is 13.8 Å². The molecule has 4 aromatic rings. The molecule has 3 amide bonds. The number of H-pyrrole nitrogens is 1. The number of rotatable bonds is 4. The number of aromatic amines is 1. The molecule has 0 saturated carbocycles. The van der Waals surface area contributed by atoms with Crippen LogP contribution in [0.15, 0.2) is 48.8 Å². The molecule has 0 aliphatic heterocycles. The topological polar surface area (TPSA) is 123 Å². The Balaban J connectivity index is 1.65. The van der Waals surface area contributed by atoms with Gasteiger partial charge in [-0.15, -0.1) is 0 Å². The number of carbonyl (C=O) groups is 2. The molecular weight excluding hydrogens is 384 g/mol. The van der Waals surface area contributed by atoms with E-state index >= 15 is 0 Å². The molecule has 9 nitrogen and oxygen atoms in total. The standard InChI is InChI=1S/C21H20N6O3/c1-3-27(21(29)30)20(28)26-15-5-7-18-16(10-15)19(23-11-22-18)25-14-4-6-17-13(9-14)8-12(2)24-17/h4-11,24H,3H2,1-2H3,(H,26,28)(H,29,30)(H,22,23,25). The molecular formula is C21H20N6O3. The second-order valence-corrected chi connectivity index (χ2v) is 6.79. The summed E-state index contributed by atoms with van der Waals surface area (Å²) in [7, 11) is 0. The second kappa shape index (κ2) is 7.70. The number of fused-ring (bicyclic) bond motifs is 2. The molecule has 4 N–H and O–H groups in total. The lowest BCUT2D eigenvalue weighted by Crippen LogP contribution is -2.38. The van der Waals surface area contributed by atoms with Crippen molar-refractivity contribution >= 4 is 51.1 Å². The van der Waals surface area contributed by atoms with E-state index in [1.165, 1.54) is 6.33 Å². The number of carboxylic acid groups (broad SMARTS) is 1. The van der Waals surface area contributed by atoms with Crippen molar-refractivity contribution in [1.29, 1.82) is 0 Å². The molecule has 0 spiro atoms. The summed E-state index contributed by atoms with van der Waals surface area (Å²) in [4.78, 5) is 36.0. The zero-order valence-electron chi connectivity index (χ0n) is 16.4. The minimum absolute atomic E-state index is 0.0474. The summed E-state index contributed by atoms with van der Waals surface area (Å²) < 4.78 is 0. The highest BCUT2D eigenvalue weighted by atomic mass is 16.4. The van der Waals surface area contributed by atoms with E-state index in [-0.39, 0.29) is 6.54 Å². The van der Waals surface area contributed by atoms with Crippen LogP contribution in [0.2, 0.25) is 0 Å². The monoisotopic (exact) mass is 404 g/mol. The fraction of sp³-hybridized carbons (Fsp3) is 0.143. The van der Waals surface area contributed by atoms with Crippen LogP contribution in [0.5, 0.6) is 0 Å². The number of nitrogens with zero attached hydrogens (tertiary/aromatic N) is 3. The normalized spacial score (nSPS) is 10.9. The summed E-state index contributed by atoms with van der Waals surface area (Å²) in [5.74, 6) is 0.577. The molecule has 0 atom stereocenters. The Labute approximate surface area is 171 Å². The number of aryl methyl sites for hydroxylation is 1. The largest absolute Gasteiger partial charge is 0.465 e. The van der Waals surface area contributed by atoms with Crippen molar-refractivity contribution in [2.75, 3.05) is 17.2 Å². The fourth-order valence-corrected chi connectivity index (χ4v) is 3.28. The highest BCUT2D eigenvalue weighted by Crippen LogP contribution is 2.27. The van der Waals surface area contributed by atoms with Crippen LogP contribution in [-0.2, 0) is 0 Å². The van der Waals surface area contributed by atoms with Gasteiger partial charge in [0.15, 0.2) is 0 Å². The maximum absolute atomic E-state index is 12.2. The van der Waals surface area contributed by atoms with Gasteiger partial charge in [0.1, 0.15) is 12.1 Å². The maximum Gasteiger partial charge on any atom is 0.415 e. The number of nitrogens with one attached hydrogen (secondary N) is 3. The van der Waals surface area contributed by atoms with Gasteiger partial charge in [0.2, 0.25) is 0 Å². The Morgan fingerprint density at radius 3 is 2.67 bits per heavy atom. The number of imide groups is 1. The van der Waals surface area contributed by atoms with Crippen LogP contribution < -0.4 is 10.6 Å². The Kier molecular flexibility index (Phi) is 4.93. The van der Waals surface area contributed by atoms with Crippen molar-refractivity contribution in [1.82, 2.24) is 19.9 Å². The summed E-state index contributed by atoms with van der Waals surface area (Å²) in [5.41, 5.74) is 4.13. The Morgan fingerprint density at radius 1 is 1.10 bits per heavy atom. The van der Waals surface area contributed by atoms with Crippen LogP contribution >= 0.6 is 0 Å². The van der Waals surface area contributed by atoms with E-state index in [1.54, 1.807) is 25.1 Å². The van der Waals surface area contributed by atoms with Gasteiger partial charge in [-0.2, -0.15) is 0 Å². The molecule has 9 heteroatoms. The molecule has 152 valence electrons. The predicted molar refractivity (Wildman–Crippen MR) is 115 cm³/mol. The number of hydrogen-bond donors (Lipinski definition) is 4. The van der Waals surface area contributed by atoms with E-state index in [1.807, 2.05) is 25.1 Å². The predicted octanol–water partition coefficient (Wildman–Crippen LogP) is 4.69.